The average molecular weight is 445 g/mol. The lowest BCUT2D eigenvalue weighted by Gasteiger charge is -2.34. The zero-order valence-electron chi connectivity index (χ0n) is 15.7. The van der Waals surface area contributed by atoms with Crippen LogP contribution in [0, 0.1) is 0 Å². The minimum Gasteiger partial charge on any atom is -0.497 e. The molecule has 1 aliphatic rings. The van der Waals surface area contributed by atoms with Crippen molar-refractivity contribution in [1.82, 2.24) is 9.21 Å². The molecule has 0 amide bonds. The van der Waals surface area contributed by atoms with E-state index in [4.69, 9.17) is 32.7 Å². The number of nitrogens with zero attached hydrogens (tertiary/aromatic N) is 2. The van der Waals surface area contributed by atoms with E-state index in [0.29, 0.717) is 32.7 Å². The van der Waals surface area contributed by atoms with Crippen molar-refractivity contribution in [3.63, 3.8) is 0 Å². The van der Waals surface area contributed by atoms with Crippen LogP contribution in [0.5, 0.6) is 11.5 Å². The monoisotopic (exact) mass is 444 g/mol. The molecule has 0 unspecified atom stereocenters. The van der Waals surface area contributed by atoms with Crippen molar-refractivity contribution in [2.45, 2.75) is 11.4 Å². The number of sulfonamides is 1. The zero-order valence-corrected chi connectivity index (χ0v) is 18.0. The summed E-state index contributed by atoms with van der Waals surface area (Å²) in [6.45, 7) is 2.52. The first kappa shape index (κ1) is 21.2. The zero-order chi connectivity index (χ0) is 20.3. The first-order valence-corrected chi connectivity index (χ1v) is 10.9. The van der Waals surface area contributed by atoms with Crippen LogP contribution in [0.4, 0.5) is 0 Å². The maximum atomic E-state index is 13.0. The molecule has 3 rings (SSSR count). The summed E-state index contributed by atoms with van der Waals surface area (Å²) in [6, 6.07) is 10.3. The number of methoxy groups -OCH3 is 2. The minimum atomic E-state index is -3.75. The Labute approximate surface area is 175 Å². The lowest BCUT2D eigenvalue weighted by Crippen LogP contribution is -2.48. The smallest absolute Gasteiger partial charge is 0.246 e. The third-order valence-corrected chi connectivity index (χ3v) is 7.58. The third-order valence-electron chi connectivity index (χ3n) is 4.73. The van der Waals surface area contributed by atoms with Crippen molar-refractivity contribution in [3.05, 3.63) is 52.0 Å². The number of piperazine rings is 1. The lowest BCUT2D eigenvalue weighted by atomic mass is 10.1. The van der Waals surface area contributed by atoms with Crippen LogP contribution in [0.1, 0.15) is 5.56 Å². The summed E-state index contributed by atoms with van der Waals surface area (Å²) in [6.07, 6.45) is 0. The highest BCUT2D eigenvalue weighted by molar-refractivity contribution is 7.89. The molecule has 0 atom stereocenters. The largest absolute Gasteiger partial charge is 0.497 e. The Morgan fingerprint density at radius 1 is 0.964 bits per heavy atom. The fourth-order valence-corrected chi connectivity index (χ4v) is 5.75. The van der Waals surface area contributed by atoms with Crippen LogP contribution in [0.2, 0.25) is 10.0 Å². The van der Waals surface area contributed by atoms with Gasteiger partial charge in [-0.05, 0) is 30.3 Å². The normalized spacial score (nSPS) is 16.1. The summed E-state index contributed by atoms with van der Waals surface area (Å²) >= 11 is 12.2. The molecule has 6 nitrogen and oxygen atoms in total. The highest BCUT2D eigenvalue weighted by Gasteiger charge is 2.32. The van der Waals surface area contributed by atoms with Gasteiger partial charge in [0.15, 0.2) is 0 Å². The Bertz CT molecular complexity index is 925. The molecule has 1 fully saturated rings. The molecule has 1 aliphatic heterocycles. The Morgan fingerprint density at radius 3 is 2.18 bits per heavy atom. The van der Waals surface area contributed by atoms with Gasteiger partial charge in [-0.3, -0.25) is 4.90 Å². The average Bonchev–Trinajstić information content (AvgIpc) is 2.68. The molecule has 0 radical (unpaired) electrons. The predicted molar refractivity (Wildman–Crippen MR) is 110 cm³/mol. The molecule has 2 aromatic rings. The third kappa shape index (κ3) is 4.39. The minimum absolute atomic E-state index is 0.0266. The van der Waals surface area contributed by atoms with Crippen molar-refractivity contribution in [3.8, 4) is 11.5 Å². The lowest BCUT2D eigenvalue weighted by molar-refractivity contribution is 0.180. The van der Waals surface area contributed by atoms with E-state index in [2.05, 4.69) is 4.90 Å². The topological polar surface area (TPSA) is 59.1 Å². The molecule has 28 heavy (non-hydrogen) atoms. The van der Waals surface area contributed by atoms with Gasteiger partial charge < -0.3 is 9.47 Å². The van der Waals surface area contributed by atoms with E-state index in [9.17, 15) is 8.42 Å². The van der Waals surface area contributed by atoms with E-state index < -0.39 is 10.0 Å². The molecule has 9 heteroatoms. The molecular weight excluding hydrogens is 423 g/mol. The van der Waals surface area contributed by atoms with Gasteiger partial charge in [-0.15, -0.1) is 0 Å². The first-order chi connectivity index (χ1) is 13.4. The molecular formula is C19H22Cl2N2O4S. The van der Waals surface area contributed by atoms with Gasteiger partial charge in [-0.25, -0.2) is 8.42 Å². The second-order valence-corrected chi connectivity index (χ2v) is 9.10. The Balaban J connectivity index is 1.71. The molecule has 0 aliphatic carbocycles. The standard InChI is InChI=1S/C19H22Cl2N2O4S/c1-26-15-6-7-18(27-2)14(12-15)13-22-8-10-23(11-9-22)28(24,25)19-16(20)4-3-5-17(19)21/h3-7,12H,8-11,13H2,1-2H3. The number of rotatable bonds is 6. The molecule has 0 spiro atoms. The van der Waals surface area contributed by atoms with Gasteiger partial charge >= 0.3 is 0 Å². The van der Waals surface area contributed by atoms with Crippen LogP contribution in [0.15, 0.2) is 41.3 Å². The van der Waals surface area contributed by atoms with Gasteiger partial charge in [0.25, 0.3) is 0 Å². The number of hydrogen-bond acceptors (Lipinski definition) is 5. The highest BCUT2D eigenvalue weighted by atomic mass is 35.5. The number of benzene rings is 2. The second kappa shape index (κ2) is 8.88. The van der Waals surface area contributed by atoms with E-state index in [1.165, 1.54) is 16.4 Å². The number of hydrogen-bond donors (Lipinski definition) is 0. The summed E-state index contributed by atoms with van der Waals surface area (Å²) in [5.41, 5.74) is 0.993. The van der Waals surface area contributed by atoms with Crippen LogP contribution in [0.3, 0.4) is 0 Å². The van der Waals surface area contributed by atoms with Crippen LogP contribution in [0.25, 0.3) is 0 Å². The van der Waals surface area contributed by atoms with E-state index in [1.807, 2.05) is 18.2 Å². The number of ether oxygens (including phenoxy) is 2. The van der Waals surface area contributed by atoms with Gasteiger partial charge in [0.2, 0.25) is 10.0 Å². The molecule has 0 aromatic heterocycles. The van der Waals surface area contributed by atoms with E-state index in [1.54, 1.807) is 20.3 Å². The molecule has 0 saturated carbocycles. The van der Waals surface area contributed by atoms with Crippen LogP contribution < -0.4 is 9.47 Å². The van der Waals surface area contributed by atoms with Gasteiger partial charge in [0.1, 0.15) is 16.4 Å². The quantitative estimate of drug-likeness (QED) is 0.681. The van der Waals surface area contributed by atoms with Gasteiger partial charge in [0, 0.05) is 38.3 Å². The second-order valence-electron chi connectivity index (χ2n) is 6.41. The summed E-state index contributed by atoms with van der Waals surface area (Å²) in [4.78, 5) is 2.15. The Morgan fingerprint density at radius 2 is 1.61 bits per heavy atom. The summed E-state index contributed by atoms with van der Waals surface area (Å²) in [5, 5.41) is 0.270. The molecule has 0 bridgehead atoms. The van der Waals surface area contributed by atoms with Crippen molar-refractivity contribution < 1.29 is 17.9 Å². The Kier molecular flexibility index (Phi) is 6.73. The molecule has 1 saturated heterocycles. The van der Waals surface area contributed by atoms with Crippen molar-refractivity contribution in [2.24, 2.45) is 0 Å². The van der Waals surface area contributed by atoms with Crippen LogP contribution in [-0.4, -0.2) is 58.0 Å². The van der Waals surface area contributed by atoms with Crippen LogP contribution >= 0.6 is 23.2 Å². The maximum Gasteiger partial charge on any atom is 0.246 e. The summed E-state index contributed by atoms with van der Waals surface area (Å²) in [7, 11) is -0.497. The number of halogens is 2. The van der Waals surface area contributed by atoms with Gasteiger partial charge in [-0.1, -0.05) is 29.3 Å². The van der Waals surface area contributed by atoms with Crippen molar-refractivity contribution >= 4 is 33.2 Å². The van der Waals surface area contributed by atoms with Crippen molar-refractivity contribution in [1.29, 1.82) is 0 Å². The Hall–Kier alpha value is -1.51. The fourth-order valence-electron chi connectivity index (χ4n) is 3.23. The highest BCUT2D eigenvalue weighted by Crippen LogP contribution is 2.32. The maximum absolute atomic E-state index is 13.0. The first-order valence-electron chi connectivity index (χ1n) is 8.74. The summed E-state index contributed by atoms with van der Waals surface area (Å²) < 4.78 is 38.1. The molecule has 152 valence electrons. The molecule has 2 aromatic carbocycles. The molecule has 0 N–H and O–H groups in total. The SMILES string of the molecule is COc1ccc(OC)c(CN2CCN(S(=O)(=O)c3c(Cl)cccc3Cl)CC2)c1. The van der Waals surface area contributed by atoms with Crippen LogP contribution in [-0.2, 0) is 16.6 Å². The van der Waals surface area contributed by atoms with Gasteiger partial charge in [-0.2, -0.15) is 4.31 Å². The predicted octanol–water partition coefficient (Wildman–Crippen LogP) is 3.52. The van der Waals surface area contributed by atoms with Gasteiger partial charge in [0.05, 0.1) is 24.3 Å². The summed E-state index contributed by atoms with van der Waals surface area (Å²) in [5.74, 6) is 1.53. The van der Waals surface area contributed by atoms with E-state index >= 15 is 0 Å². The van der Waals surface area contributed by atoms with E-state index in [0.717, 1.165) is 17.1 Å². The van der Waals surface area contributed by atoms with E-state index in [-0.39, 0.29) is 14.9 Å². The molecule has 1 heterocycles. The fraction of sp³-hybridized carbons (Fsp3) is 0.368. The van der Waals surface area contributed by atoms with Crippen molar-refractivity contribution in [2.75, 3.05) is 40.4 Å².